The second-order valence-corrected chi connectivity index (χ2v) is 13.0. The maximum atomic E-state index is 13.5. The number of rotatable bonds is 16. The molecule has 0 aromatic carbocycles. The lowest BCUT2D eigenvalue weighted by Crippen LogP contribution is -2.59. The third-order valence-corrected chi connectivity index (χ3v) is 6.75. The first-order valence-corrected chi connectivity index (χ1v) is 14.9. The molecule has 0 saturated heterocycles. The Bertz CT molecular complexity index is 869. The van der Waals surface area contributed by atoms with Gasteiger partial charge in [0.2, 0.25) is 23.6 Å². The number of ether oxygens (including phenoxy) is 1. The van der Waals surface area contributed by atoms with Gasteiger partial charge in [-0.3, -0.25) is 24.5 Å². The third-order valence-electron chi connectivity index (χ3n) is 6.75. The van der Waals surface area contributed by atoms with Crippen LogP contribution in [-0.4, -0.2) is 64.7 Å². The number of alkyl carbamates (subject to hydrolysis) is 1. The normalized spacial score (nSPS) is 16.1. The molecule has 0 rings (SSSR count). The summed E-state index contributed by atoms with van der Waals surface area (Å²) in [7, 11) is 0. The van der Waals surface area contributed by atoms with Gasteiger partial charge in [0.05, 0.1) is 18.6 Å². The van der Waals surface area contributed by atoms with Crippen molar-refractivity contribution in [1.82, 2.24) is 21.3 Å². The van der Waals surface area contributed by atoms with Crippen molar-refractivity contribution >= 4 is 29.7 Å². The molecular formula is C30H56N4O7. The highest BCUT2D eigenvalue weighted by molar-refractivity contribution is 5.95. The number of amides is 5. The average Bonchev–Trinajstić information content (AvgIpc) is 2.81. The van der Waals surface area contributed by atoms with Gasteiger partial charge in [0.25, 0.3) is 0 Å². The minimum atomic E-state index is -1.25. The molecule has 0 aliphatic heterocycles. The van der Waals surface area contributed by atoms with Crippen molar-refractivity contribution in [2.45, 2.75) is 138 Å². The van der Waals surface area contributed by atoms with Crippen molar-refractivity contribution in [1.29, 1.82) is 0 Å². The highest BCUT2D eigenvalue weighted by Crippen LogP contribution is 2.16. The molecule has 0 radical (unpaired) electrons. The summed E-state index contributed by atoms with van der Waals surface area (Å²) in [6.07, 6.45) is -0.613. The Hall–Kier alpha value is -2.69. The summed E-state index contributed by atoms with van der Waals surface area (Å²) in [4.78, 5) is 63.8. The van der Waals surface area contributed by atoms with Crippen LogP contribution in [-0.2, 0) is 23.9 Å². The van der Waals surface area contributed by atoms with Gasteiger partial charge >= 0.3 is 6.09 Å². The molecule has 0 aromatic heterocycles. The Labute approximate surface area is 246 Å². The molecule has 238 valence electrons. The second kappa shape index (κ2) is 18.0. The van der Waals surface area contributed by atoms with Gasteiger partial charge < -0.3 is 25.8 Å². The zero-order valence-electron chi connectivity index (χ0n) is 27.1. The highest BCUT2D eigenvalue weighted by Gasteiger charge is 2.35. The van der Waals surface area contributed by atoms with E-state index in [1.54, 1.807) is 20.8 Å². The summed E-state index contributed by atoms with van der Waals surface area (Å²) in [6, 6.07) is -2.68. The van der Waals surface area contributed by atoms with E-state index in [0.29, 0.717) is 19.3 Å². The molecule has 41 heavy (non-hydrogen) atoms. The Morgan fingerprint density at radius 3 is 1.61 bits per heavy atom. The van der Waals surface area contributed by atoms with Crippen molar-refractivity contribution in [2.75, 3.05) is 0 Å². The zero-order chi connectivity index (χ0) is 32.1. The number of aliphatic hydroxyl groups is 1. The van der Waals surface area contributed by atoms with Crippen LogP contribution in [0.2, 0.25) is 0 Å². The van der Waals surface area contributed by atoms with Crippen LogP contribution in [0.4, 0.5) is 4.79 Å². The van der Waals surface area contributed by atoms with E-state index >= 15 is 0 Å². The van der Waals surface area contributed by atoms with E-state index in [1.165, 1.54) is 0 Å². The molecule has 6 atom stereocenters. The van der Waals surface area contributed by atoms with Crippen molar-refractivity contribution in [3.05, 3.63) is 0 Å². The Morgan fingerprint density at radius 2 is 1.17 bits per heavy atom. The van der Waals surface area contributed by atoms with Crippen LogP contribution in [0.1, 0.15) is 108 Å². The number of hydrogen-bond acceptors (Lipinski definition) is 7. The van der Waals surface area contributed by atoms with Crippen molar-refractivity contribution in [3.63, 3.8) is 0 Å². The predicted octanol–water partition coefficient (Wildman–Crippen LogP) is 3.43. The molecule has 0 aliphatic rings. The van der Waals surface area contributed by atoms with Crippen molar-refractivity contribution < 1.29 is 33.8 Å². The van der Waals surface area contributed by atoms with Gasteiger partial charge in [-0.05, 0) is 50.9 Å². The van der Waals surface area contributed by atoms with Crippen LogP contribution in [0.5, 0.6) is 0 Å². The maximum Gasteiger partial charge on any atom is 0.408 e. The fraction of sp³-hybridized carbons (Fsp3) is 0.833. The molecule has 0 heterocycles. The number of carbonyl (C=O) groups is 5. The zero-order valence-corrected chi connectivity index (χ0v) is 27.1. The van der Waals surface area contributed by atoms with Gasteiger partial charge in [0.15, 0.2) is 0 Å². The van der Waals surface area contributed by atoms with Gasteiger partial charge in [0.1, 0.15) is 17.7 Å². The van der Waals surface area contributed by atoms with Gasteiger partial charge in [-0.1, -0.05) is 68.2 Å². The van der Waals surface area contributed by atoms with Crippen LogP contribution in [0.3, 0.4) is 0 Å². The standard InChI is InChI=1S/C30H56N4O7/c1-12-19(7)25(33-28(39)26(20(8)13-2)34-29(40)41-30(9,10)11)27(38)31-21(14-17(3)4)22(35)16-24(37)32-23(36)15-18(5)6/h17-22,25-26,35H,12-16H2,1-11H3,(H,31,38)(H,33,39)(H,34,40)(H,32,36,37)/t19-,20-,21-,22-,25-,26-/m0/s1. The molecule has 0 fully saturated rings. The molecule has 11 heteroatoms. The van der Waals surface area contributed by atoms with Crippen LogP contribution >= 0.6 is 0 Å². The molecule has 0 bridgehead atoms. The maximum absolute atomic E-state index is 13.5. The quantitative estimate of drug-likeness (QED) is 0.186. The fourth-order valence-electron chi connectivity index (χ4n) is 4.13. The Kier molecular flexibility index (Phi) is 16.8. The molecular weight excluding hydrogens is 528 g/mol. The first kappa shape index (κ1) is 38.3. The largest absolute Gasteiger partial charge is 0.444 e. The first-order chi connectivity index (χ1) is 18.8. The smallest absolute Gasteiger partial charge is 0.408 e. The van der Waals surface area contributed by atoms with E-state index in [-0.39, 0.29) is 36.5 Å². The van der Waals surface area contributed by atoms with Crippen LogP contribution in [0, 0.1) is 23.7 Å². The fourth-order valence-corrected chi connectivity index (χ4v) is 4.13. The van der Waals surface area contributed by atoms with Gasteiger partial charge in [-0.15, -0.1) is 0 Å². The second-order valence-electron chi connectivity index (χ2n) is 13.0. The highest BCUT2D eigenvalue weighted by atomic mass is 16.6. The number of carbonyl (C=O) groups excluding carboxylic acids is 5. The molecule has 0 saturated carbocycles. The van der Waals surface area contributed by atoms with E-state index in [9.17, 15) is 29.1 Å². The summed E-state index contributed by atoms with van der Waals surface area (Å²) in [5.74, 6) is -2.43. The van der Waals surface area contributed by atoms with Gasteiger partial charge in [-0.25, -0.2) is 4.79 Å². The minimum Gasteiger partial charge on any atom is -0.444 e. The summed E-state index contributed by atoms with van der Waals surface area (Å²) in [5, 5.41) is 21.4. The molecule has 5 N–H and O–H groups in total. The minimum absolute atomic E-state index is 0.0741. The first-order valence-electron chi connectivity index (χ1n) is 14.9. The molecule has 11 nitrogen and oxygen atoms in total. The summed E-state index contributed by atoms with van der Waals surface area (Å²) in [6.45, 7) is 20.2. The lowest BCUT2D eigenvalue weighted by Gasteiger charge is -2.32. The number of nitrogens with one attached hydrogen (secondary N) is 4. The monoisotopic (exact) mass is 584 g/mol. The summed E-state index contributed by atoms with van der Waals surface area (Å²) in [5.41, 5.74) is -0.745. The Morgan fingerprint density at radius 1 is 0.707 bits per heavy atom. The molecule has 0 aliphatic carbocycles. The van der Waals surface area contributed by atoms with Gasteiger partial charge in [0, 0.05) is 6.42 Å². The van der Waals surface area contributed by atoms with Crippen LogP contribution in [0.25, 0.3) is 0 Å². The van der Waals surface area contributed by atoms with E-state index in [4.69, 9.17) is 4.74 Å². The number of imide groups is 1. The van der Waals surface area contributed by atoms with Gasteiger partial charge in [-0.2, -0.15) is 0 Å². The van der Waals surface area contributed by atoms with Crippen LogP contribution in [0.15, 0.2) is 0 Å². The molecule has 5 amide bonds. The van der Waals surface area contributed by atoms with E-state index in [2.05, 4.69) is 21.3 Å². The predicted molar refractivity (Wildman–Crippen MR) is 159 cm³/mol. The lowest BCUT2D eigenvalue weighted by atomic mass is 9.93. The number of hydrogen-bond donors (Lipinski definition) is 5. The molecule has 0 aromatic rings. The third kappa shape index (κ3) is 15.8. The molecule has 0 spiro atoms. The van der Waals surface area contributed by atoms with Crippen LogP contribution < -0.4 is 21.3 Å². The Balaban J connectivity index is 5.76. The summed E-state index contributed by atoms with van der Waals surface area (Å²) >= 11 is 0. The van der Waals surface area contributed by atoms with E-state index in [1.807, 2.05) is 55.4 Å². The number of aliphatic hydroxyl groups excluding tert-OH is 1. The van der Waals surface area contributed by atoms with E-state index in [0.717, 1.165) is 0 Å². The van der Waals surface area contributed by atoms with Crippen molar-refractivity contribution in [3.8, 4) is 0 Å². The van der Waals surface area contributed by atoms with E-state index < -0.39 is 59.6 Å². The topological polar surface area (TPSA) is 163 Å². The average molecular weight is 585 g/mol. The lowest BCUT2D eigenvalue weighted by molar-refractivity contribution is -0.134. The summed E-state index contributed by atoms with van der Waals surface area (Å²) < 4.78 is 5.33. The van der Waals surface area contributed by atoms with Crippen molar-refractivity contribution in [2.24, 2.45) is 23.7 Å². The SMILES string of the molecule is CC[C@H](C)[C@H](NC(=O)OC(C)(C)C)C(=O)N[C@H](C(=O)N[C@@H](CC(C)C)[C@@H](O)CC(=O)NC(=O)CC(C)C)[C@@H](C)CC. The molecule has 0 unspecified atom stereocenters.